The largest absolute Gasteiger partial charge is 0.391 e. The van der Waals surface area contributed by atoms with Crippen LogP contribution in [0.1, 0.15) is 33.6 Å². The van der Waals surface area contributed by atoms with E-state index in [0.717, 1.165) is 26.2 Å². The Kier molecular flexibility index (Phi) is 5.73. The lowest BCUT2D eigenvalue weighted by molar-refractivity contribution is -0.0225. The van der Waals surface area contributed by atoms with Crippen molar-refractivity contribution in [1.29, 1.82) is 0 Å². The molecular formula is C13H27NO2. The first-order chi connectivity index (χ1) is 7.56. The van der Waals surface area contributed by atoms with E-state index in [1.165, 1.54) is 6.42 Å². The summed E-state index contributed by atoms with van der Waals surface area (Å²) in [6.07, 6.45) is 1.99. The van der Waals surface area contributed by atoms with Gasteiger partial charge in [-0.25, -0.2) is 0 Å². The second-order valence-electron chi connectivity index (χ2n) is 5.29. The molecule has 16 heavy (non-hydrogen) atoms. The summed E-state index contributed by atoms with van der Waals surface area (Å²) in [4.78, 5) is 2.26. The van der Waals surface area contributed by atoms with E-state index in [1.54, 1.807) is 0 Å². The molecule has 4 unspecified atom stereocenters. The molecule has 0 aromatic rings. The molecule has 0 radical (unpaired) electrons. The number of rotatable bonds is 5. The van der Waals surface area contributed by atoms with Crippen LogP contribution in [-0.2, 0) is 4.74 Å². The summed E-state index contributed by atoms with van der Waals surface area (Å²) in [5.74, 6) is 1.23. The third kappa shape index (κ3) is 3.72. The number of ether oxygens (including phenoxy) is 1. The van der Waals surface area contributed by atoms with Gasteiger partial charge in [0.05, 0.1) is 12.7 Å². The maximum Gasteiger partial charge on any atom is 0.0700 e. The second-order valence-corrected chi connectivity index (χ2v) is 5.29. The normalized spacial score (nSPS) is 35.6. The molecule has 1 saturated carbocycles. The summed E-state index contributed by atoms with van der Waals surface area (Å²) in [6.45, 7) is 8.94. The predicted molar refractivity (Wildman–Crippen MR) is 66.5 cm³/mol. The molecule has 96 valence electrons. The van der Waals surface area contributed by atoms with Gasteiger partial charge in [0.15, 0.2) is 0 Å². The fraction of sp³-hybridized carbons (Fsp3) is 1.00. The summed E-state index contributed by atoms with van der Waals surface area (Å²) in [5.41, 5.74) is 0. The molecule has 1 rings (SSSR count). The average Bonchev–Trinajstić information content (AvgIpc) is 2.16. The molecule has 3 nitrogen and oxygen atoms in total. The predicted octanol–water partition coefficient (Wildman–Crippen LogP) is 1.75. The van der Waals surface area contributed by atoms with Crippen molar-refractivity contribution in [2.75, 3.05) is 26.8 Å². The molecule has 0 aliphatic heterocycles. The summed E-state index contributed by atoms with van der Waals surface area (Å²) < 4.78 is 5.36. The Bertz CT molecular complexity index is 186. The molecule has 0 amide bonds. The van der Waals surface area contributed by atoms with Gasteiger partial charge in [0.25, 0.3) is 0 Å². The zero-order chi connectivity index (χ0) is 12.1. The van der Waals surface area contributed by atoms with Gasteiger partial charge in [-0.3, -0.25) is 4.90 Å². The van der Waals surface area contributed by atoms with Crippen molar-refractivity contribution in [3.05, 3.63) is 0 Å². The molecule has 1 fully saturated rings. The van der Waals surface area contributed by atoms with Crippen LogP contribution >= 0.6 is 0 Å². The van der Waals surface area contributed by atoms with Crippen LogP contribution < -0.4 is 0 Å². The molecule has 0 aromatic carbocycles. The van der Waals surface area contributed by atoms with E-state index in [0.29, 0.717) is 17.9 Å². The van der Waals surface area contributed by atoms with Crippen LogP contribution in [-0.4, -0.2) is 49.0 Å². The molecule has 0 bridgehead atoms. The van der Waals surface area contributed by atoms with Gasteiger partial charge in [0, 0.05) is 19.2 Å². The van der Waals surface area contributed by atoms with E-state index < -0.39 is 0 Å². The highest BCUT2D eigenvalue weighted by atomic mass is 16.5. The van der Waals surface area contributed by atoms with E-state index in [2.05, 4.69) is 25.8 Å². The van der Waals surface area contributed by atoms with Crippen LogP contribution in [0.2, 0.25) is 0 Å². The Morgan fingerprint density at radius 2 is 2.00 bits per heavy atom. The Hall–Kier alpha value is -0.120. The minimum Gasteiger partial charge on any atom is -0.391 e. The lowest BCUT2D eigenvalue weighted by Gasteiger charge is -2.42. The Labute approximate surface area is 99.8 Å². The van der Waals surface area contributed by atoms with Gasteiger partial charge in [-0.15, -0.1) is 0 Å². The van der Waals surface area contributed by atoms with Crippen molar-refractivity contribution < 1.29 is 9.84 Å². The van der Waals surface area contributed by atoms with Crippen molar-refractivity contribution in [3.8, 4) is 0 Å². The molecule has 4 atom stereocenters. The number of aliphatic hydroxyl groups excluding tert-OH is 1. The summed E-state index contributed by atoms with van der Waals surface area (Å²) >= 11 is 0. The van der Waals surface area contributed by atoms with Crippen molar-refractivity contribution in [2.45, 2.75) is 45.8 Å². The maximum absolute atomic E-state index is 10.2. The van der Waals surface area contributed by atoms with Gasteiger partial charge >= 0.3 is 0 Å². The summed E-state index contributed by atoms with van der Waals surface area (Å²) in [6, 6.07) is 0.302. The Morgan fingerprint density at radius 3 is 2.56 bits per heavy atom. The highest BCUT2D eigenvalue weighted by Crippen LogP contribution is 2.31. The fourth-order valence-electron chi connectivity index (χ4n) is 3.03. The van der Waals surface area contributed by atoms with E-state index in [9.17, 15) is 5.11 Å². The number of hydrogen-bond donors (Lipinski definition) is 1. The van der Waals surface area contributed by atoms with E-state index in [1.807, 2.05) is 6.92 Å². The number of likely N-dealkylation sites (N-methyl/N-ethyl adjacent to an activating group) is 1. The first-order valence-electron chi connectivity index (χ1n) is 6.52. The van der Waals surface area contributed by atoms with Crippen molar-refractivity contribution in [1.82, 2.24) is 4.90 Å². The van der Waals surface area contributed by atoms with Gasteiger partial charge in [-0.1, -0.05) is 13.8 Å². The average molecular weight is 229 g/mol. The molecule has 3 heteroatoms. The van der Waals surface area contributed by atoms with E-state index in [4.69, 9.17) is 4.74 Å². The Balaban J connectivity index is 2.43. The number of hydrogen-bond acceptors (Lipinski definition) is 3. The SMILES string of the molecule is CCOCCN(C)C1C(C)CC(C)CC1O. The Morgan fingerprint density at radius 1 is 1.31 bits per heavy atom. The first-order valence-corrected chi connectivity index (χ1v) is 6.52. The maximum atomic E-state index is 10.2. The molecule has 1 aliphatic rings. The molecule has 1 aliphatic carbocycles. The van der Waals surface area contributed by atoms with Gasteiger partial charge in [0.1, 0.15) is 0 Å². The van der Waals surface area contributed by atoms with Crippen LogP contribution in [0.3, 0.4) is 0 Å². The third-order valence-electron chi connectivity index (χ3n) is 3.70. The fourth-order valence-corrected chi connectivity index (χ4v) is 3.03. The third-order valence-corrected chi connectivity index (χ3v) is 3.70. The monoisotopic (exact) mass is 229 g/mol. The molecule has 0 saturated heterocycles. The highest BCUT2D eigenvalue weighted by molar-refractivity contribution is 4.88. The second kappa shape index (κ2) is 6.58. The molecule has 0 spiro atoms. The zero-order valence-corrected chi connectivity index (χ0v) is 11.1. The molecule has 0 heterocycles. The van der Waals surface area contributed by atoms with Gasteiger partial charge in [-0.05, 0) is 38.6 Å². The van der Waals surface area contributed by atoms with Gasteiger partial charge in [-0.2, -0.15) is 0 Å². The van der Waals surface area contributed by atoms with Gasteiger partial charge < -0.3 is 9.84 Å². The van der Waals surface area contributed by atoms with E-state index in [-0.39, 0.29) is 6.10 Å². The minimum absolute atomic E-state index is 0.176. The first kappa shape index (κ1) is 13.9. The van der Waals surface area contributed by atoms with Crippen LogP contribution in [0.25, 0.3) is 0 Å². The van der Waals surface area contributed by atoms with Gasteiger partial charge in [0.2, 0.25) is 0 Å². The smallest absolute Gasteiger partial charge is 0.0700 e. The topological polar surface area (TPSA) is 32.7 Å². The molecular weight excluding hydrogens is 202 g/mol. The number of nitrogens with zero attached hydrogens (tertiary/aromatic N) is 1. The molecule has 0 aromatic heterocycles. The molecule has 1 N–H and O–H groups in total. The standard InChI is InChI=1S/C13H27NO2/c1-5-16-7-6-14(4)13-11(3)8-10(2)9-12(13)15/h10-13,15H,5-9H2,1-4H3. The van der Waals surface area contributed by atoms with Crippen molar-refractivity contribution >= 4 is 0 Å². The minimum atomic E-state index is -0.176. The zero-order valence-electron chi connectivity index (χ0n) is 11.1. The van der Waals surface area contributed by atoms with Crippen LogP contribution in [0.4, 0.5) is 0 Å². The number of aliphatic hydroxyl groups is 1. The lowest BCUT2D eigenvalue weighted by Crippen LogP contribution is -2.50. The summed E-state index contributed by atoms with van der Waals surface area (Å²) in [5, 5.41) is 10.2. The highest BCUT2D eigenvalue weighted by Gasteiger charge is 2.34. The van der Waals surface area contributed by atoms with Crippen LogP contribution in [0.5, 0.6) is 0 Å². The van der Waals surface area contributed by atoms with Crippen molar-refractivity contribution in [3.63, 3.8) is 0 Å². The van der Waals surface area contributed by atoms with E-state index >= 15 is 0 Å². The quantitative estimate of drug-likeness (QED) is 0.729. The van der Waals surface area contributed by atoms with Crippen LogP contribution in [0.15, 0.2) is 0 Å². The lowest BCUT2D eigenvalue weighted by atomic mass is 9.77. The summed E-state index contributed by atoms with van der Waals surface area (Å²) in [7, 11) is 2.10. The van der Waals surface area contributed by atoms with Crippen molar-refractivity contribution in [2.24, 2.45) is 11.8 Å². The van der Waals surface area contributed by atoms with Crippen LogP contribution in [0, 0.1) is 11.8 Å².